The molecule has 0 saturated heterocycles. The fraction of sp³-hybridized carbons (Fsp3) is 0.217. The van der Waals surface area contributed by atoms with Gasteiger partial charge in [0.2, 0.25) is 0 Å². The summed E-state index contributed by atoms with van der Waals surface area (Å²) in [4.78, 5) is 0. The van der Waals surface area contributed by atoms with Crippen LogP contribution in [0.3, 0.4) is 0 Å². The summed E-state index contributed by atoms with van der Waals surface area (Å²) in [6, 6.07) is 12.3. The molecule has 0 aliphatic rings. The lowest BCUT2D eigenvalue weighted by Crippen LogP contribution is -1.90. The van der Waals surface area contributed by atoms with Crippen molar-refractivity contribution in [3.8, 4) is 34.1 Å². The van der Waals surface area contributed by atoms with Crippen LogP contribution < -0.4 is 0 Å². The van der Waals surface area contributed by atoms with E-state index in [1.165, 1.54) is 12.1 Å². The third-order valence-electron chi connectivity index (χ3n) is 4.51. The number of hydrogen-bond acceptors (Lipinski definition) is 4. The van der Waals surface area contributed by atoms with Gasteiger partial charge in [-0.3, -0.25) is 0 Å². The maximum Gasteiger partial charge on any atom is 0.157 e. The van der Waals surface area contributed by atoms with Crippen molar-refractivity contribution in [3.05, 3.63) is 70.3 Å². The molecule has 0 aliphatic carbocycles. The van der Waals surface area contributed by atoms with E-state index in [2.05, 4.69) is 0 Å². The van der Waals surface area contributed by atoms with Crippen molar-refractivity contribution in [2.75, 3.05) is 0 Å². The molecule has 0 atom stereocenters. The van der Waals surface area contributed by atoms with E-state index in [1.807, 2.05) is 46.8 Å². The van der Waals surface area contributed by atoms with Crippen LogP contribution >= 0.6 is 0 Å². The van der Waals surface area contributed by atoms with Gasteiger partial charge in [0.1, 0.15) is 11.5 Å². The number of phenols is 4. The van der Waals surface area contributed by atoms with Crippen LogP contribution in [0.1, 0.15) is 27.8 Å². The van der Waals surface area contributed by atoms with Crippen molar-refractivity contribution in [3.63, 3.8) is 0 Å². The van der Waals surface area contributed by atoms with Gasteiger partial charge in [0.25, 0.3) is 0 Å². The molecule has 0 aliphatic heterocycles. The quantitative estimate of drug-likeness (QED) is 0.434. The minimum atomic E-state index is -0.0689. The molecule has 0 heterocycles. The van der Waals surface area contributed by atoms with Crippen molar-refractivity contribution in [2.24, 2.45) is 0 Å². The molecule has 27 heavy (non-hydrogen) atoms. The zero-order chi connectivity index (χ0) is 20.3. The van der Waals surface area contributed by atoms with Crippen LogP contribution in [-0.4, -0.2) is 20.4 Å². The first-order valence-corrected chi connectivity index (χ1v) is 8.69. The molecule has 0 bridgehead atoms. The predicted molar refractivity (Wildman–Crippen MR) is 109 cm³/mol. The molecule has 0 amide bonds. The standard InChI is InChI=1S/C16H18O2.C7H8O2/c1-9-7-15(17)11(3)5-13(9)14-6-12(4)16(18)8-10(14)2;1-5-2-3-6(8)7(9)4-5/h5-8,17-18H,1-4H3;2-4,8-9H,1H3. The molecule has 4 nitrogen and oxygen atoms in total. The summed E-state index contributed by atoms with van der Waals surface area (Å²) in [5.74, 6) is 0.518. The van der Waals surface area contributed by atoms with Crippen LogP contribution in [0.5, 0.6) is 23.0 Å². The number of hydrogen-bond donors (Lipinski definition) is 4. The third kappa shape index (κ3) is 4.73. The Bertz CT molecular complexity index is 919. The maximum absolute atomic E-state index is 9.70. The molecule has 0 spiro atoms. The molecule has 142 valence electrons. The third-order valence-corrected chi connectivity index (χ3v) is 4.51. The Hall–Kier alpha value is -3.14. The van der Waals surface area contributed by atoms with Crippen molar-refractivity contribution >= 4 is 0 Å². The Kier molecular flexibility index (Phi) is 6.01. The molecule has 4 heteroatoms. The molecule has 0 fully saturated rings. The van der Waals surface area contributed by atoms with E-state index in [0.29, 0.717) is 11.5 Å². The SMILES string of the molecule is Cc1cc(-c2cc(C)c(O)cc2C)c(C)cc1O.Cc1ccc(O)c(O)c1. The van der Waals surface area contributed by atoms with Crippen LogP contribution in [0.4, 0.5) is 0 Å². The minimum Gasteiger partial charge on any atom is -0.508 e. The van der Waals surface area contributed by atoms with Crippen molar-refractivity contribution in [2.45, 2.75) is 34.6 Å². The van der Waals surface area contributed by atoms with E-state index in [-0.39, 0.29) is 11.5 Å². The second kappa shape index (κ2) is 8.04. The zero-order valence-corrected chi connectivity index (χ0v) is 16.3. The van der Waals surface area contributed by atoms with Gasteiger partial charge in [-0.1, -0.05) is 6.07 Å². The zero-order valence-electron chi connectivity index (χ0n) is 16.3. The van der Waals surface area contributed by atoms with E-state index >= 15 is 0 Å². The summed E-state index contributed by atoms with van der Waals surface area (Å²) in [5, 5.41) is 37.0. The summed E-state index contributed by atoms with van der Waals surface area (Å²) in [7, 11) is 0. The van der Waals surface area contributed by atoms with E-state index in [9.17, 15) is 10.2 Å². The van der Waals surface area contributed by atoms with Crippen LogP contribution in [0, 0.1) is 34.6 Å². The highest BCUT2D eigenvalue weighted by Crippen LogP contribution is 2.34. The second-order valence-electron chi connectivity index (χ2n) is 6.90. The number of rotatable bonds is 1. The summed E-state index contributed by atoms with van der Waals surface area (Å²) < 4.78 is 0. The highest BCUT2D eigenvalue weighted by atomic mass is 16.3. The molecule has 4 N–H and O–H groups in total. The highest BCUT2D eigenvalue weighted by molar-refractivity contribution is 5.73. The topological polar surface area (TPSA) is 80.9 Å². The van der Waals surface area contributed by atoms with Crippen LogP contribution in [-0.2, 0) is 0 Å². The summed E-state index contributed by atoms with van der Waals surface area (Å²) in [6.07, 6.45) is 0. The summed E-state index contributed by atoms with van der Waals surface area (Å²) >= 11 is 0. The van der Waals surface area contributed by atoms with Gasteiger partial charge in [-0.15, -0.1) is 0 Å². The predicted octanol–water partition coefficient (Wildman–Crippen LogP) is 5.40. The molecule has 3 rings (SSSR count). The van der Waals surface area contributed by atoms with Gasteiger partial charge >= 0.3 is 0 Å². The average Bonchev–Trinajstić information content (AvgIpc) is 2.59. The molecule has 0 saturated carbocycles. The van der Waals surface area contributed by atoms with Crippen molar-refractivity contribution in [1.29, 1.82) is 0 Å². The molecule has 3 aromatic rings. The van der Waals surface area contributed by atoms with Crippen molar-refractivity contribution in [1.82, 2.24) is 0 Å². The Morgan fingerprint density at radius 1 is 0.444 bits per heavy atom. The lowest BCUT2D eigenvalue weighted by atomic mass is 9.93. The molecule has 0 unspecified atom stereocenters. The van der Waals surface area contributed by atoms with Crippen LogP contribution in [0.2, 0.25) is 0 Å². The first-order chi connectivity index (χ1) is 12.6. The molecule has 0 aromatic heterocycles. The lowest BCUT2D eigenvalue weighted by molar-refractivity contribution is 0.403. The van der Waals surface area contributed by atoms with Gasteiger partial charge < -0.3 is 20.4 Å². The minimum absolute atomic E-state index is 0.0602. The molecular formula is C23H26O4. The Morgan fingerprint density at radius 2 is 0.889 bits per heavy atom. The van der Waals surface area contributed by atoms with Crippen LogP contribution in [0.25, 0.3) is 11.1 Å². The average molecular weight is 366 g/mol. The van der Waals surface area contributed by atoms with Gasteiger partial charge in [0, 0.05) is 0 Å². The van der Waals surface area contributed by atoms with Crippen molar-refractivity contribution < 1.29 is 20.4 Å². The fourth-order valence-corrected chi connectivity index (χ4v) is 2.82. The lowest BCUT2D eigenvalue weighted by Gasteiger charge is -2.13. The molecule has 3 aromatic carbocycles. The van der Waals surface area contributed by atoms with E-state index in [1.54, 1.807) is 18.2 Å². The first kappa shape index (κ1) is 20.2. The van der Waals surface area contributed by atoms with Gasteiger partial charge in [0.05, 0.1) is 0 Å². The van der Waals surface area contributed by atoms with E-state index in [0.717, 1.165) is 38.9 Å². The smallest absolute Gasteiger partial charge is 0.157 e. The fourth-order valence-electron chi connectivity index (χ4n) is 2.82. The number of benzene rings is 3. The van der Waals surface area contributed by atoms with Gasteiger partial charge in [0.15, 0.2) is 11.5 Å². The Morgan fingerprint density at radius 3 is 1.26 bits per heavy atom. The number of phenolic OH excluding ortho intramolecular Hbond substituents is 4. The van der Waals surface area contributed by atoms with Gasteiger partial charge in [-0.2, -0.15) is 0 Å². The van der Waals surface area contributed by atoms with Gasteiger partial charge in [-0.05, 0) is 110 Å². The number of aryl methyl sites for hydroxylation is 5. The largest absolute Gasteiger partial charge is 0.508 e. The second-order valence-corrected chi connectivity index (χ2v) is 6.90. The van der Waals surface area contributed by atoms with Crippen LogP contribution in [0.15, 0.2) is 42.5 Å². The molecular weight excluding hydrogens is 340 g/mol. The molecule has 0 radical (unpaired) electrons. The first-order valence-electron chi connectivity index (χ1n) is 8.69. The Balaban J connectivity index is 0.000000244. The maximum atomic E-state index is 9.70. The normalized spacial score (nSPS) is 10.3. The number of aromatic hydroxyl groups is 4. The monoisotopic (exact) mass is 366 g/mol. The Labute approximate surface area is 160 Å². The van der Waals surface area contributed by atoms with E-state index < -0.39 is 0 Å². The summed E-state index contributed by atoms with van der Waals surface area (Å²) in [6.45, 7) is 9.59. The van der Waals surface area contributed by atoms with Gasteiger partial charge in [-0.25, -0.2) is 0 Å². The highest BCUT2D eigenvalue weighted by Gasteiger charge is 2.10. The summed E-state index contributed by atoms with van der Waals surface area (Å²) in [5.41, 5.74) is 6.93. The van der Waals surface area contributed by atoms with E-state index in [4.69, 9.17) is 10.2 Å².